The number of anilines is 1. The van der Waals surface area contributed by atoms with Gasteiger partial charge in [0.2, 0.25) is 0 Å². The fraction of sp³-hybridized carbons (Fsp3) is 0.379. The van der Waals surface area contributed by atoms with Gasteiger partial charge >= 0.3 is 18.2 Å². The Morgan fingerprint density at radius 3 is 2.46 bits per heavy atom. The molecule has 1 unspecified atom stereocenters. The lowest BCUT2D eigenvalue weighted by Gasteiger charge is -2.44. The van der Waals surface area contributed by atoms with Gasteiger partial charge in [-0.25, -0.2) is 14.5 Å². The summed E-state index contributed by atoms with van der Waals surface area (Å²) >= 11 is 0. The molecule has 5 rings (SSSR count). The van der Waals surface area contributed by atoms with Crippen molar-refractivity contribution < 1.29 is 27.6 Å². The van der Waals surface area contributed by atoms with Crippen molar-refractivity contribution in [1.82, 2.24) is 10.2 Å². The maximum atomic E-state index is 14.1. The van der Waals surface area contributed by atoms with Gasteiger partial charge in [-0.2, -0.15) is 18.4 Å². The van der Waals surface area contributed by atoms with Crippen LogP contribution in [0.5, 0.6) is 0 Å². The summed E-state index contributed by atoms with van der Waals surface area (Å²) in [5.41, 5.74) is 0.312. The van der Waals surface area contributed by atoms with Gasteiger partial charge in [-0.15, -0.1) is 0 Å². The van der Waals surface area contributed by atoms with Gasteiger partial charge in [0, 0.05) is 24.2 Å². The van der Waals surface area contributed by atoms with Crippen molar-refractivity contribution in [3.8, 4) is 6.07 Å². The summed E-state index contributed by atoms with van der Waals surface area (Å²) in [4.78, 5) is 43.1. The van der Waals surface area contributed by atoms with E-state index < -0.39 is 29.8 Å². The molecule has 3 aliphatic rings. The number of rotatable bonds is 4. The molecule has 0 aromatic heterocycles. The second kappa shape index (κ2) is 10.2. The number of nitriles is 1. The fourth-order valence-electron chi connectivity index (χ4n) is 5.75. The summed E-state index contributed by atoms with van der Waals surface area (Å²) in [5, 5.41) is 12.1. The number of alkyl halides is 3. The van der Waals surface area contributed by atoms with Gasteiger partial charge in [0.1, 0.15) is 0 Å². The molecule has 1 saturated carbocycles. The number of hydrogen-bond acceptors (Lipinski definition) is 4. The highest BCUT2D eigenvalue weighted by Crippen LogP contribution is 2.45. The van der Waals surface area contributed by atoms with Crippen LogP contribution in [0.25, 0.3) is 0 Å². The standard InChI is InChI=1S/C29H27F3N4O3/c1-17-12-19(13-17)16-34-27(38)36-26(20-10-8-18(15-33)9-11-20)25-23(6-3-7-24(25)37)35(28(36)39)22-5-2-4-21(14-22)29(30,31)32/h2,4-5,8-11,14,17,19,26H,3,6-7,12-13,16H2,1H3,(H,34,38). The molecule has 0 bridgehead atoms. The summed E-state index contributed by atoms with van der Waals surface area (Å²) in [6.45, 7) is 2.46. The summed E-state index contributed by atoms with van der Waals surface area (Å²) in [5.74, 6) is 0.544. The van der Waals surface area contributed by atoms with E-state index >= 15 is 0 Å². The largest absolute Gasteiger partial charge is 0.416 e. The first-order valence-electron chi connectivity index (χ1n) is 12.9. The van der Waals surface area contributed by atoms with Crippen LogP contribution in [-0.4, -0.2) is 29.3 Å². The molecule has 0 radical (unpaired) electrons. The van der Waals surface area contributed by atoms with Gasteiger partial charge < -0.3 is 5.32 Å². The van der Waals surface area contributed by atoms with Crippen LogP contribution in [0.3, 0.4) is 0 Å². The minimum Gasteiger partial charge on any atom is -0.337 e. The fourth-order valence-corrected chi connectivity index (χ4v) is 5.75. The molecular formula is C29H27F3N4O3. The molecule has 202 valence electrons. The highest BCUT2D eigenvalue weighted by atomic mass is 19.4. The maximum absolute atomic E-state index is 14.1. The zero-order valence-electron chi connectivity index (χ0n) is 21.3. The minimum atomic E-state index is -4.64. The van der Waals surface area contributed by atoms with E-state index in [9.17, 15) is 32.8 Å². The van der Waals surface area contributed by atoms with Crippen molar-refractivity contribution in [2.45, 2.75) is 51.2 Å². The number of nitrogens with one attached hydrogen (secondary N) is 1. The molecule has 10 heteroatoms. The highest BCUT2D eigenvalue weighted by Gasteiger charge is 2.47. The van der Waals surface area contributed by atoms with Crippen LogP contribution in [0, 0.1) is 23.2 Å². The second-order valence-electron chi connectivity index (χ2n) is 10.4. The molecule has 4 amide bonds. The number of hydrogen-bond donors (Lipinski definition) is 1. The molecule has 0 spiro atoms. The number of allylic oxidation sites excluding steroid dienone is 1. The first-order chi connectivity index (χ1) is 18.6. The number of carbonyl (C=O) groups is 3. The van der Waals surface area contributed by atoms with Gasteiger partial charge in [0.15, 0.2) is 5.78 Å². The van der Waals surface area contributed by atoms with Gasteiger partial charge in [0.25, 0.3) is 0 Å². The number of benzene rings is 2. The SMILES string of the molecule is CC1CC(CNC(=O)N2C(=O)N(c3cccc(C(F)(F)F)c3)C3=C(C(=O)CCC3)C2c2ccc(C#N)cc2)C1. The first-order valence-corrected chi connectivity index (χ1v) is 12.9. The Morgan fingerprint density at radius 1 is 1.10 bits per heavy atom. The molecule has 1 N–H and O–H groups in total. The molecule has 1 atom stereocenters. The second-order valence-corrected chi connectivity index (χ2v) is 10.4. The molecule has 39 heavy (non-hydrogen) atoms. The molecular weight excluding hydrogens is 509 g/mol. The highest BCUT2D eigenvalue weighted by molar-refractivity contribution is 6.11. The summed E-state index contributed by atoms with van der Waals surface area (Å²) in [7, 11) is 0. The third-order valence-electron chi connectivity index (χ3n) is 7.65. The van der Waals surface area contributed by atoms with Crippen molar-refractivity contribution >= 4 is 23.5 Å². The number of amides is 4. The van der Waals surface area contributed by atoms with E-state index in [2.05, 4.69) is 12.2 Å². The molecule has 2 aromatic carbocycles. The lowest BCUT2D eigenvalue weighted by atomic mass is 9.76. The summed E-state index contributed by atoms with van der Waals surface area (Å²) in [6, 6.07) is 9.98. The number of carbonyl (C=O) groups excluding carboxylic acids is 3. The van der Waals surface area contributed by atoms with Crippen LogP contribution < -0.4 is 10.2 Å². The Labute approximate surface area is 223 Å². The van der Waals surface area contributed by atoms with Gasteiger partial charge in [-0.05, 0) is 73.4 Å². The average molecular weight is 537 g/mol. The van der Waals surface area contributed by atoms with E-state index in [0.717, 1.165) is 34.8 Å². The summed E-state index contributed by atoms with van der Waals surface area (Å²) < 4.78 is 40.7. The number of Topliss-reactive ketones (excluding diaryl/α,β-unsaturated/α-hetero) is 1. The molecule has 2 aliphatic carbocycles. The van der Waals surface area contributed by atoms with E-state index in [-0.39, 0.29) is 35.8 Å². The van der Waals surface area contributed by atoms with Crippen LogP contribution in [-0.2, 0) is 11.0 Å². The van der Waals surface area contributed by atoms with Crippen LogP contribution in [0.15, 0.2) is 59.8 Å². The molecule has 1 heterocycles. The zero-order chi connectivity index (χ0) is 27.9. The smallest absolute Gasteiger partial charge is 0.337 e. The topological polar surface area (TPSA) is 93.5 Å². The van der Waals surface area contributed by atoms with Crippen molar-refractivity contribution in [3.63, 3.8) is 0 Å². The van der Waals surface area contributed by atoms with Crippen LogP contribution >= 0.6 is 0 Å². The first kappa shape index (κ1) is 26.5. The quantitative estimate of drug-likeness (QED) is 0.495. The summed E-state index contributed by atoms with van der Waals surface area (Å²) in [6.07, 6.45) is -1.87. The Kier molecular flexibility index (Phi) is 6.93. The number of halogens is 3. The Hall–Kier alpha value is -4.13. The van der Waals surface area contributed by atoms with Gasteiger partial charge in [-0.3, -0.25) is 9.69 Å². The number of nitrogens with zero attached hydrogens (tertiary/aromatic N) is 3. The number of urea groups is 2. The lowest BCUT2D eigenvalue weighted by molar-refractivity contribution is -0.137. The van der Waals surface area contributed by atoms with Crippen molar-refractivity contribution in [2.24, 2.45) is 11.8 Å². The zero-order valence-corrected chi connectivity index (χ0v) is 21.3. The van der Waals surface area contributed by atoms with E-state index in [4.69, 9.17) is 0 Å². The molecule has 2 aromatic rings. The number of ketones is 1. The third kappa shape index (κ3) is 5.01. The molecule has 1 fully saturated rings. The molecule has 7 nitrogen and oxygen atoms in total. The van der Waals surface area contributed by atoms with Crippen molar-refractivity contribution in [2.75, 3.05) is 11.4 Å². The lowest BCUT2D eigenvalue weighted by Crippen LogP contribution is -2.57. The minimum absolute atomic E-state index is 0.0686. The van der Waals surface area contributed by atoms with E-state index in [1.807, 2.05) is 6.07 Å². The monoisotopic (exact) mass is 536 g/mol. The van der Waals surface area contributed by atoms with Gasteiger partial charge in [0.05, 0.1) is 28.9 Å². The predicted molar refractivity (Wildman–Crippen MR) is 136 cm³/mol. The van der Waals surface area contributed by atoms with E-state index in [0.29, 0.717) is 35.7 Å². The predicted octanol–water partition coefficient (Wildman–Crippen LogP) is 6.32. The Bertz CT molecular complexity index is 1390. The van der Waals surface area contributed by atoms with Crippen LogP contribution in [0.1, 0.15) is 61.8 Å². The average Bonchev–Trinajstić information content (AvgIpc) is 2.89. The van der Waals surface area contributed by atoms with Crippen LogP contribution in [0.2, 0.25) is 0 Å². The van der Waals surface area contributed by atoms with E-state index in [1.54, 1.807) is 24.3 Å². The molecule has 0 saturated heterocycles. The number of imide groups is 1. The van der Waals surface area contributed by atoms with Crippen molar-refractivity contribution in [3.05, 3.63) is 76.5 Å². The third-order valence-corrected chi connectivity index (χ3v) is 7.65. The molecule has 1 aliphatic heterocycles. The normalized spacial score (nSPS) is 23.2. The maximum Gasteiger partial charge on any atom is 0.416 e. The van der Waals surface area contributed by atoms with Gasteiger partial charge in [-0.1, -0.05) is 25.1 Å². The Balaban J connectivity index is 1.63. The van der Waals surface area contributed by atoms with Crippen molar-refractivity contribution in [1.29, 1.82) is 5.26 Å². The van der Waals surface area contributed by atoms with E-state index in [1.165, 1.54) is 12.1 Å². The Morgan fingerprint density at radius 2 is 1.82 bits per heavy atom. The van der Waals surface area contributed by atoms with Crippen LogP contribution in [0.4, 0.5) is 28.4 Å².